The lowest BCUT2D eigenvalue weighted by molar-refractivity contribution is -0.122. The molecule has 1 unspecified atom stereocenters. The van der Waals surface area contributed by atoms with Crippen LogP contribution in [0.15, 0.2) is 48.8 Å². The monoisotopic (exact) mass is 393 g/mol. The number of aromatic nitrogens is 4. The van der Waals surface area contributed by atoms with Gasteiger partial charge < -0.3 is 9.88 Å². The summed E-state index contributed by atoms with van der Waals surface area (Å²) in [5, 5.41) is 11.8. The maximum absolute atomic E-state index is 12.9. The molecule has 0 aliphatic carbocycles. The molecule has 0 fully saturated rings. The molecule has 0 saturated heterocycles. The number of aryl methyl sites for hydroxylation is 2. The molecule has 1 aromatic carbocycles. The van der Waals surface area contributed by atoms with Crippen molar-refractivity contribution in [1.82, 2.24) is 25.1 Å². The number of nitrogens with zero attached hydrogens (tertiary/aromatic N) is 4. The van der Waals surface area contributed by atoms with Crippen molar-refractivity contribution in [2.24, 2.45) is 0 Å². The summed E-state index contributed by atoms with van der Waals surface area (Å²) >= 11 is 0. The average molecular weight is 393 g/mol. The number of amides is 1. The summed E-state index contributed by atoms with van der Waals surface area (Å²) in [6, 6.07) is 10.5. The minimum absolute atomic E-state index is 0.0715. The molecule has 0 bridgehead atoms. The molecule has 150 valence electrons. The van der Waals surface area contributed by atoms with E-state index in [1.54, 1.807) is 24.5 Å². The Bertz CT molecular complexity index is 955. The fourth-order valence-electron chi connectivity index (χ4n) is 3.74. The van der Waals surface area contributed by atoms with Gasteiger partial charge in [-0.1, -0.05) is 12.1 Å². The molecule has 29 heavy (non-hydrogen) atoms. The molecule has 7 heteroatoms. The smallest absolute Gasteiger partial charge is 0.220 e. The highest BCUT2D eigenvalue weighted by atomic mass is 19.1. The lowest BCUT2D eigenvalue weighted by atomic mass is 10.1. The first-order valence-corrected chi connectivity index (χ1v) is 10.1. The Morgan fingerprint density at radius 3 is 2.83 bits per heavy atom. The molecule has 1 atom stereocenters. The van der Waals surface area contributed by atoms with Gasteiger partial charge >= 0.3 is 0 Å². The second kappa shape index (κ2) is 8.94. The topological polar surface area (TPSA) is 72.7 Å². The Hall–Kier alpha value is -3.09. The van der Waals surface area contributed by atoms with Crippen LogP contribution in [0.4, 0.5) is 4.39 Å². The van der Waals surface area contributed by atoms with E-state index >= 15 is 0 Å². The summed E-state index contributed by atoms with van der Waals surface area (Å²) in [5.41, 5.74) is 2.00. The number of fused-ring (bicyclic) bond motifs is 1. The number of hydrogen-bond donors (Lipinski definition) is 1. The molecule has 0 radical (unpaired) electrons. The Balaban J connectivity index is 1.28. The number of pyridine rings is 1. The number of halogens is 1. The summed E-state index contributed by atoms with van der Waals surface area (Å²) in [6.45, 7) is 0.771. The normalized spacial score (nSPS) is 16.1. The molecular weight excluding hydrogens is 369 g/mol. The number of nitrogens with one attached hydrogen (secondary N) is 1. The highest BCUT2D eigenvalue weighted by molar-refractivity contribution is 5.76. The first kappa shape index (κ1) is 19.2. The molecule has 1 amide bonds. The lowest BCUT2D eigenvalue weighted by Crippen LogP contribution is -2.35. The van der Waals surface area contributed by atoms with Gasteiger partial charge in [-0.15, -0.1) is 10.2 Å². The molecule has 6 nitrogen and oxygen atoms in total. The van der Waals surface area contributed by atoms with Gasteiger partial charge in [0.25, 0.3) is 0 Å². The van der Waals surface area contributed by atoms with Gasteiger partial charge in [0.15, 0.2) is 5.82 Å². The van der Waals surface area contributed by atoms with Gasteiger partial charge in [-0.05, 0) is 55.5 Å². The van der Waals surface area contributed by atoms with Crippen molar-refractivity contribution in [3.8, 4) is 11.4 Å². The Labute approximate surface area is 169 Å². The fraction of sp³-hybridized carbons (Fsp3) is 0.364. The van der Waals surface area contributed by atoms with Crippen LogP contribution < -0.4 is 5.32 Å². The zero-order chi connectivity index (χ0) is 20.1. The summed E-state index contributed by atoms with van der Waals surface area (Å²) in [5.74, 6) is 1.63. The SMILES string of the molecule is O=C(CCCc1ccc(F)cc1)NC1CCc2nnc(-c3cccnc3)n2CC1. The zero-order valence-corrected chi connectivity index (χ0v) is 16.2. The van der Waals surface area contributed by atoms with Gasteiger partial charge in [0.1, 0.15) is 11.6 Å². The van der Waals surface area contributed by atoms with Crippen molar-refractivity contribution >= 4 is 5.91 Å². The quantitative estimate of drug-likeness (QED) is 0.697. The van der Waals surface area contributed by atoms with E-state index in [2.05, 4.69) is 25.1 Å². The van der Waals surface area contributed by atoms with Crippen molar-refractivity contribution in [2.45, 2.75) is 51.1 Å². The van der Waals surface area contributed by atoms with Gasteiger partial charge in [0, 0.05) is 43.4 Å². The maximum atomic E-state index is 12.9. The van der Waals surface area contributed by atoms with Crippen LogP contribution >= 0.6 is 0 Å². The number of rotatable bonds is 6. The number of carbonyl (C=O) groups excluding carboxylic acids is 1. The van der Waals surface area contributed by atoms with E-state index in [4.69, 9.17) is 0 Å². The summed E-state index contributed by atoms with van der Waals surface area (Å²) in [4.78, 5) is 16.5. The summed E-state index contributed by atoms with van der Waals surface area (Å²) in [7, 11) is 0. The zero-order valence-electron chi connectivity index (χ0n) is 16.2. The first-order chi connectivity index (χ1) is 14.2. The molecule has 1 aliphatic heterocycles. The van der Waals surface area contributed by atoms with Crippen molar-refractivity contribution in [1.29, 1.82) is 0 Å². The van der Waals surface area contributed by atoms with Crippen LogP contribution in [0.25, 0.3) is 11.4 Å². The highest BCUT2D eigenvalue weighted by Gasteiger charge is 2.22. The van der Waals surface area contributed by atoms with E-state index in [-0.39, 0.29) is 17.8 Å². The van der Waals surface area contributed by atoms with E-state index in [0.717, 1.165) is 61.4 Å². The van der Waals surface area contributed by atoms with Crippen LogP contribution in [0.1, 0.15) is 37.1 Å². The molecule has 1 aliphatic rings. The van der Waals surface area contributed by atoms with Crippen LogP contribution in [-0.4, -0.2) is 31.7 Å². The largest absolute Gasteiger partial charge is 0.353 e. The van der Waals surface area contributed by atoms with Crippen molar-refractivity contribution in [2.75, 3.05) is 0 Å². The second-order valence-corrected chi connectivity index (χ2v) is 7.40. The van der Waals surface area contributed by atoms with E-state index in [9.17, 15) is 9.18 Å². The van der Waals surface area contributed by atoms with E-state index in [0.29, 0.717) is 6.42 Å². The van der Waals surface area contributed by atoms with Crippen molar-refractivity contribution in [3.63, 3.8) is 0 Å². The molecule has 3 aromatic rings. The molecule has 4 rings (SSSR count). The van der Waals surface area contributed by atoms with Crippen molar-refractivity contribution < 1.29 is 9.18 Å². The highest BCUT2D eigenvalue weighted by Crippen LogP contribution is 2.22. The average Bonchev–Trinajstić information content (AvgIpc) is 3.05. The van der Waals surface area contributed by atoms with Gasteiger partial charge in [-0.2, -0.15) is 0 Å². The fourth-order valence-corrected chi connectivity index (χ4v) is 3.74. The number of carbonyl (C=O) groups is 1. The minimum Gasteiger partial charge on any atom is -0.353 e. The van der Waals surface area contributed by atoms with Gasteiger partial charge in [-0.3, -0.25) is 9.78 Å². The minimum atomic E-state index is -0.235. The summed E-state index contributed by atoms with van der Waals surface area (Å²) < 4.78 is 15.1. The standard InChI is InChI=1S/C22H24FN5O/c23-18-8-6-16(7-9-18)3-1-5-21(29)25-19-10-11-20-26-27-22(28(20)14-12-19)17-4-2-13-24-15-17/h2,4,6-9,13,15,19H,1,3,5,10-12,14H2,(H,25,29). The third kappa shape index (κ3) is 4.85. The Morgan fingerprint density at radius 1 is 1.17 bits per heavy atom. The second-order valence-electron chi connectivity index (χ2n) is 7.40. The predicted octanol–water partition coefficient (Wildman–Crippen LogP) is 3.32. The van der Waals surface area contributed by atoms with Crippen LogP contribution in [0.3, 0.4) is 0 Å². The van der Waals surface area contributed by atoms with Crippen LogP contribution in [-0.2, 0) is 24.2 Å². The van der Waals surface area contributed by atoms with Crippen LogP contribution in [0.5, 0.6) is 0 Å². The summed E-state index contributed by atoms with van der Waals surface area (Å²) in [6.07, 6.45) is 8.02. The first-order valence-electron chi connectivity index (χ1n) is 10.1. The molecule has 0 saturated carbocycles. The van der Waals surface area contributed by atoms with Gasteiger partial charge in [0.2, 0.25) is 5.91 Å². The molecule has 1 N–H and O–H groups in total. The van der Waals surface area contributed by atoms with Crippen molar-refractivity contribution in [3.05, 3.63) is 66.0 Å². The number of benzene rings is 1. The van der Waals surface area contributed by atoms with Crippen LogP contribution in [0, 0.1) is 5.82 Å². The molecule has 3 heterocycles. The van der Waals surface area contributed by atoms with E-state index in [1.165, 1.54) is 12.1 Å². The number of hydrogen-bond acceptors (Lipinski definition) is 4. The van der Waals surface area contributed by atoms with Gasteiger partial charge in [-0.25, -0.2) is 4.39 Å². The molecule has 0 spiro atoms. The third-order valence-corrected chi connectivity index (χ3v) is 5.31. The Morgan fingerprint density at radius 2 is 2.03 bits per heavy atom. The lowest BCUT2D eigenvalue weighted by Gasteiger charge is -2.16. The molecule has 2 aromatic heterocycles. The Kier molecular flexibility index (Phi) is 5.93. The molecular formula is C22H24FN5O. The van der Waals surface area contributed by atoms with Crippen LogP contribution in [0.2, 0.25) is 0 Å². The van der Waals surface area contributed by atoms with E-state index in [1.807, 2.05) is 12.1 Å². The third-order valence-electron chi connectivity index (χ3n) is 5.31. The van der Waals surface area contributed by atoms with Gasteiger partial charge in [0.05, 0.1) is 0 Å². The maximum Gasteiger partial charge on any atom is 0.220 e. The predicted molar refractivity (Wildman–Crippen MR) is 107 cm³/mol. The van der Waals surface area contributed by atoms with E-state index < -0.39 is 0 Å².